The molecule has 0 bridgehead atoms. The second-order valence-corrected chi connectivity index (χ2v) is 4.63. The number of halogens is 1. The summed E-state index contributed by atoms with van der Waals surface area (Å²) in [7, 11) is 0. The van der Waals surface area contributed by atoms with Crippen molar-refractivity contribution in [2.24, 2.45) is 0 Å². The van der Waals surface area contributed by atoms with Crippen molar-refractivity contribution in [3.8, 4) is 17.6 Å². The van der Waals surface area contributed by atoms with Crippen LogP contribution in [0.4, 0.5) is 4.39 Å². The van der Waals surface area contributed by atoms with E-state index < -0.39 is 0 Å². The molecule has 0 aliphatic rings. The number of nitriles is 1. The lowest BCUT2D eigenvalue weighted by atomic mass is 10.1. The fraction of sp³-hybridized carbons (Fsp3) is 0.176. The molecule has 0 heterocycles. The summed E-state index contributed by atoms with van der Waals surface area (Å²) in [5, 5.41) is 11.0. The Balaban J connectivity index is 1.84. The van der Waals surface area contributed by atoms with E-state index in [1.54, 1.807) is 18.2 Å². The molecule has 0 fully saturated rings. The van der Waals surface area contributed by atoms with Crippen LogP contribution in [0.3, 0.4) is 0 Å². The van der Waals surface area contributed by atoms with Crippen LogP contribution in [0.5, 0.6) is 11.5 Å². The Morgan fingerprint density at radius 3 is 2.27 bits per heavy atom. The second kappa shape index (κ2) is 7.79. The second-order valence-electron chi connectivity index (χ2n) is 4.63. The van der Waals surface area contributed by atoms with Crippen LogP contribution in [0.2, 0.25) is 0 Å². The van der Waals surface area contributed by atoms with Crippen molar-refractivity contribution in [2.75, 3.05) is 6.54 Å². The van der Waals surface area contributed by atoms with Gasteiger partial charge in [0.25, 0.3) is 0 Å². The van der Waals surface area contributed by atoms with Crippen molar-refractivity contribution in [2.45, 2.75) is 12.8 Å². The molecule has 22 heavy (non-hydrogen) atoms. The zero-order chi connectivity index (χ0) is 15.8. The highest BCUT2D eigenvalue weighted by atomic mass is 19.1. The standard InChI is InChI=1S/C17H15FN2O2/c18-14-3-7-16(8-4-14)22-15-5-1-13(2-6-15)10-12-20-17(21)9-11-19/h1-8H,9-10,12H2,(H,20,21). The topological polar surface area (TPSA) is 62.1 Å². The first-order valence-electron chi connectivity index (χ1n) is 6.83. The maximum Gasteiger partial charge on any atom is 0.234 e. The first kappa shape index (κ1) is 15.5. The third kappa shape index (κ3) is 4.91. The maximum absolute atomic E-state index is 12.8. The van der Waals surface area contributed by atoms with Gasteiger partial charge < -0.3 is 10.1 Å². The van der Waals surface area contributed by atoms with Crippen LogP contribution < -0.4 is 10.1 Å². The quantitative estimate of drug-likeness (QED) is 0.891. The van der Waals surface area contributed by atoms with E-state index in [9.17, 15) is 9.18 Å². The molecule has 0 spiro atoms. The fourth-order valence-corrected chi connectivity index (χ4v) is 1.84. The average molecular weight is 298 g/mol. The van der Waals surface area contributed by atoms with E-state index in [0.717, 1.165) is 5.56 Å². The number of carbonyl (C=O) groups is 1. The Bertz CT molecular complexity index is 661. The van der Waals surface area contributed by atoms with E-state index in [4.69, 9.17) is 10.00 Å². The van der Waals surface area contributed by atoms with Crippen LogP contribution in [0.1, 0.15) is 12.0 Å². The van der Waals surface area contributed by atoms with Gasteiger partial charge in [0.2, 0.25) is 5.91 Å². The zero-order valence-electron chi connectivity index (χ0n) is 11.9. The molecule has 2 rings (SSSR count). The number of hydrogen-bond acceptors (Lipinski definition) is 3. The highest BCUT2D eigenvalue weighted by Crippen LogP contribution is 2.21. The molecule has 0 radical (unpaired) electrons. The lowest BCUT2D eigenvalue weighted by molar-refractivity contribution is -0.120. The molecule has 0 saturated heterocycles. The molecule has 0 aliphatic heterocycles. The SMILES string of the molecule is N#CCC(=O)NCCc1ccc(Oc2ccc(F)cc2)cc1. The van der Waals surface area contributed by atoms with Crippen LogP contribution >= 0.6 is 0 Å². The van der Waals surface area contributed by atoms with Gasteiger partial charge in [0.15, 0.2) is 0 Å². The minimum atomic E-state index is -0.304. The molecule has 0 saturated carbocycles. The molecule has 1 amide bonds. The highest BCUT2D eigenvalue weighted by molar-refractivity contribution is 5.77. The Kier molecular flexibility index (Phi) is 5.50. The molecule has 5 heteroatoms. The van der Waals surface area contributed by atoms with Gasteiger partial charge in [-0.2, -0.15) is 5.26 Å². The lowest BCUT2D eigenvalue weighted by Crippen LogP contribution is -2.24. The number of amides is 1. The van der Waals surface area contributed by atoms with E-state index >= 15 is 0 Å². The van der Waals surface area contributed by atoms with E-state index in [0.29, 0.717) is 24.5 Å². The predicted octanol–water partition coefficient (Wildman–Crippen LogP) is 3.19. The summed E-state index contributed by atoms with van der Waals surface area (Å²) in [5.41, 5.74) is 1.05. The van der Waals surface area contributed by atoms with Crippen LogP contribution in [0.25, 0.3) is 0 Å². The Labute approximate surface area is 128 Å². The van der Waals surface area contributed by atoms with E-state index in [1.165, 1.54) is 12.1 Å². The van der Waals surface area contributed by atoms with Gasteiger partial charge in [0.1, 0.15) is 23.7 Å². The average Bonchev–Trinajstić information content (AvgIpc) is 2.52. The van der Waals surface area contributed by atoms with Crippen LogP contribution in [0, 0.1) is 17.1 Å². The van der Waals surface area contributed by atoms with E-state index in [-0.39, 0.29) is 18.1 Å². The van der Waals surface area contributed by atoms with Crippen LogP contribution in [-0.4, -0.2) is 12.5 Å². The summed E-state index contributed by atoms with van der Waals surface area (Å²) in [5.74, 6) is 0.654. The highest BCUT2D eigenvalue weighted by Gasteiger charge is 2.01. The number of benzene rings is 2. The molecule has 4 nitrogen and oxygen atoms in total. The molecule has 0 unspecified atom stereocenters. The smallest absolute Gasteiger partial charge is 0.234 e. The number of rotatable bonds is 6. The molecule has 0 aliphatic carbocycles. The largest absolute Gasteiger partial charge is 0.457 e. The maximum atomic E-state index is 12.8. The van der Waals surface area contributed by atoms with Crippen molar-refractivity contribution in [3.63, 3.8) is 0 Å². The van der Waals surface area contributed by atoms with Crippen molar-refractivity contribution in [1.29, 1.82) is 5.26 Å². The van der Waals surface area contributed by atoms with Gasteiger partial charge >= 0.3 is 0 Å². The minimum Gasteiger partial charge on any atom is -0.457 e. The van der Waals surface area contributed by atoms with Crippen molar-refractivity contribution in [3.05, 3.63) is 59.9 Å². The zero-order valence-corrected chi connectivity index (χ0v) is 11.9. The van der Waals surface area contributed by atoms with Gasteiger partial charge in [-0.05, 0) is 48.4 Å². The normalized spacial score (nSPS) is 9.82. The first-order valence-corrected chi connectivity index (χ1v) is 6.83. The third-order valence-electron chi connectivity index (χ3n) is 2.95. The van der Waals surface area contributed by atoms with Gasteiger partial charge in [-0.3, -0.25) is 4.79 Å². The van der Waals surface area contributed by atoms with Crippen molar-refractivity contribution < 1.29 is 13.9 Å². The minimum absolute atomic E-state index is 0.121. The molecule has 0 aromatic heterocycles. The van der Waals surface area contributed by atoms with Gasteiger partial charge in [0.05, 0.1) is 6.07 Å². The van der Waals surface area contributed by atoms with Crippen molar-refractivity contribution in [1.82, 2.24) is 5.32 Å². The van der Waals surface area contributed by atoms with Gasteiger partial charge in [0, 0.05) is 6.54 Å². The predicted molar refractivity (Wildman–Crippen MR) is 79.9 cm³/mol. The third-order valence-corrected chi connectivity index (χ3v) is 2.95. The molecule has 1 N–H and O–H groups in total. The summed E-state index contributed by atoms with van der Waals surface area (Å²) in [4.78, 5) is 11.1. The summed E-state index contributed by atoms with van der Waals surface area (Å²) in [6.07, 6.45) is 0.554. The summed E-state index contributed by atoms with van der Waals surface area (Å²) in [6, 6.07) is 15.0. The molecular formula is C17H15FN2O2. The molecule has 2 aromatic carbocycles. The summed E-state index contributed by atoms with van der Waals surface area (Å²) in [6.45, 7) is 0.485. The van der Waals surface area contributed by atoms with Crippen molar-refractivity contribution >= 4 is 5.91 Å². The fourth-order valence-electron chi connectivity index (χ4n) is 1.84. The van der Waals surface area contributed by atoms with Gasteiger partial charge in [-0.15, -0.1) is 0 Å². The summed E-state index contributed by atoms with van der Waals surface area (Å²) >= 11 is 0. The Morgan fingerprint density at radius 1 is 1.09 bits per heavy atom. The molecule has 112 valence electrons. The lowest BCUT2D eigenvalue weighted by Gasteiger charge is -2.07. The van der Waals surface area contributed by atoms with Gasteiger partial charge in [-0.25, -0.2) is 4.39 Å². The number of nitrogens with one attached hydrogen (secondary N) is 1. The number of ether oxygens (including phenoxy) is 1. The number of hydrogen-bond donors (Lipinski definition) is 1. The number of nitrogens with zero attached hydrogens (tertiary/aromatic N) is 1. The number of carbonyl (C=O) groups excluding carboxylic acids is 1. The Morgan fingerprint density at radius 2 is 1.68 bits per heavy atom. The van der Waals surface area contributed by atoms with Gasteiger partial charge in [-0.1, -0.05) is 12.1 Å². The first-order chi connectivity index (χ1) is 10.7. The molecule has 2 aromatic rings. The van der Waals surface area contributed by atoms with E-state index in [2.05, 4.69) is 5.32 Å². The van der Waals surface area contributed by atoms with Crippen LogP contribution in [-0.2, 0) is 11.2 Å². The molecule has 0 atom stereocenters. The van der Waals surface area contributed by atoms with E-state index in [1.807, 2.05) is 24.3 Å². The monoisotopic (exact) mass is 298 g/mol. The molecular weight excluding hydrogens is 283 g/mol. The van der Waals surface area contributed by atoms with Crippen LogP contribution in [0.15, 0.2) is 48.5 Å². The summed E-state index contributed by atoms with van der Waals surface area (Å²) < 4.78 is 18.4. The Hall–Kier alpha value is -2.87.